The van der Waals surface area contributed by atoms with Gasteiger partial charge in [0.2, 0.25) is 0 Å². The Kier molecular flexibility index (Phi) is 2.21. The van der Waals surface area contributed by atoms with Gasteiger partial charge in [0.25, 0.3) is 0 Å². The second-order valence-electron chi connectivity index (χ2n) is 4.94. The number of carbonyl (C=O) groups is 1. The zero-order chi connectivity index (χ0) is 13.7. The van der Waals surface area contributed by atoms with Gasteiger partial charge in [-0.25, -0.2) is 0 Å². The second kappa shape index (κ2) is 3.94. The van der Waals surface area contributed by atoms with Crippen molar-refractivity contribution in [3.63, 3.8) is 0 Å². The van der Waals surface area contributed by atoms with Crippen LogP contribution in [0.2, 0.25) is 0 Å². The number of ether oxygens (including phenoxy) is 1. The molecule has 4 aromatic carbocycles. The average molecular weight is 260 g/mol. The van der Waals surface area contributed by atoms with Gasteiger partial charge in [0, 0.05) is 10.8 Å². The molecule has 4 aromatic rings. The molecule has 0 aliphatic rings. The van der Waals surface area contributed by atoms with Crippen LogP contribution in [0.25, 0.3) is 32.3 Å². The molecule has 0 aromatic heterocycles. The third-order valence-corrected chi connectivity index (χ3v) is 3.99. The summed E-state index contributed by atoms with van der Waals surface area (Å²) in [6.45, 7) is 0. The van der Waals surface area contributed by atoms with Crippen LogP contribution in [-0.4, -0.2) is 13.4 Å². The standard InChI is InChI=1S/C18H12O2/c1-20-18-14-7-3-5-12-9-8-11-4-2-6-13(15(18)10-19)16(11)17(12)14/h2-10H,1H3. The molecule has 96 valence electrons. The Hall–Kier alpha value is -2.61. The van der Waals surface area contributed by atoms with Crippen molar-refractivity contribution in [2.24, 2.45) is 0 Å². The van der Waals surface area contributed by atoms with Crippen LogP contribution in [0.3, 0.4) is 0 Å². The molecule has 0 saturated heterocycles. The first kappa shape index (κ1) is 11.2. The summed E-state index contributed by atoms with van der Waals surface area (Å²) >= 11 is 0. The molecule has 0 radical (unpaired) electrons. The maximum absolute atomic E-state index is 11.6. The predicted molar refractivity (Wildman–Crippen MR) is 82.1 cm³/mol. The minimum Gasteiger partial charge on any atom is -0.495 e. The molecule has 0 bridgehead atoms. The summed E-state index contributed by atoms with van der Waals surface area (Å²) in [6.07, 6.45) is 0.891. The summed E-state index contributed by atoms with van der Waals surface area (Å²) < 4.78 is 5.52. The van der Waals surface area contributed by atoms with Crippen molar-refractivity contribution in [2.75, 3.05) is 7.11 Å². The Morgan fingerprint density at radius 2 is 1.45 bits per heavy atom. The van der Waals surface area contributed by atoms with E-state index in [1.165, 1.54) is 10.8 Å². The maximum atomic E-state index is 11.6. The normalized spacial score (nSPS) is 11.4. The lowest BCUT2D eigenvalue weighted by Gasteiger charge is -2.16. The Morgan fingerprint density at radius 1 is 0.850 bits per heavy atom. The molecule has 0 N–H and O–H groups in total. The molecule has 20 heavy (non-hydrogen) atoms. The zero-order valence-electron chi connectivity index (χ0n) is 11.0. The van der Waals surface area contributed by atoms with Crippen LogP contribution in [-0.2, 0) is 0 Å². The van der Waals surface area contributed by atoms with Crippen LogP contribution in [0.5, 0.6) is 5.75 Å². The van der Waals surface area contributed by atoms with Crippen LogP contribution in [0.4, 0.5) is 0 Å². The molecule has 2 heteroatoms. The van der Waals surface area contributed by atoms with Gasteiger partial charge in [0.15, 0.2) is 6.29 Å². The van der Waals surface area contributed by atoms with Gasteiger partial charge in [0.1, 0.15) is 5.75 Å². The van der Waals surface area contributed by atoms with Crippen molar-refractivity contribution in [3.05, 3.63) is 54.1 Å². The number of hydrogen-bond donors (Lipinski definition) is 0. The summed E-state index contributed by atoms with van der Waals surface area (Å²) in [5, 5.41) is 6.58. The van der Waals surface area contributed by atoms with E-state index in [0.29, 0.717) is 11.3 Å². The van der Waals surface area contributed by atoms with E-state index >= 15 is 0 Å². The monoisotopic (exact) mass is 260 g/mol. The van der Waals surface area contributed by atoms with Crippen molar-refractivity contribution < 1.29 is 9.53 Å². The minimum absolute atomic E-state index is 0.629. The fraction of sp³-hybridized carbons (Fsp3) is 0.0556. The minimum atomic E-state index is 0.629. The van der Waals surface area contributed by atoms with E-state index in [9.17, 15) is 4.79 Å². The average Bonchev–Trinajstić information content (AvgIpc) is 2.51. The molecule has 0 fully saturated rings. The lowest BCUT2D eigenvalue weighted by Crippen LogP contribution is -1.95. The number of carbonyl (C=O) groups excluding carboxylic acids is 1. The van der Waals surface area contributed by atoms with Gasteiger partial charge in [-0.2, -0.15) is 0 Å². The molecular formula is C18H12O2. The summed E-state index contributed by atoms with van der Waals surface area (Å²) in [6, 6.07) is 16.4. The quantitative estimate of drug-likeness (QED) is 0.394. The van der Waals surface area contributed by atoms with Crippen LogP contribution in [0, 0.1) is 0 Å². The highest BCUT2D eigenvalue weighted by Crippen LogP contribution is 2.41. The van der Waals surface area contributed by atoms with Gasteiger partial charge >= 0.3 is 0 Å². The van der Waals surface area contributed by atoms with E-state index in [1.54, 1.807) is 7.11 Å². The Labute approximate surface area is 115 Å². The largest absolute Gasteiger partial charge is 0.495 e. The molecule has 2 nitrogen and oxygen atoms in total. The van der Waals surface area contributed by atoms with Gasteiger partial charge in [0.05, 0.1) is 12.7 Å². The van der Waals surface area contributed by atoms with Crippen molar-refractivity contribution in [1.82, 2.24) is 0 Å². The SMILES string of the molecule is COc1c(C=O)c2cccc3ccc4cccc1c4c32. The van der Waals surface area contributed by atoms with Crippen LogP contribution in [0.1, 0.15) is 10.4 Å². The van der Waals surface area contributed by atoms with E-state index in [4.69, 9.17) is 4.74 Å². The molecule has 0 unspecified atom stereocenters. The molecule has 0 atom stereocenters. The topological polar surface area (TPSA) is 26.3 Å². The molecule has 0 saturated carbocycles. The highest BCUT2D eigenvalue weighted by atomic mass is 16.5. The molecule has 4 rings (SSSR count). The number of rotatable bonds is 2. The predicted octanol–water partition coefficient (Wildman–Crippen LogP) is 4.41. The van der Waals surface area contributed by atoms with E-state index in [-0.39, 0.29) is 0 Å². The first-order valence-corrected chi connectivity index (χ1v) is 6.54. The van der Waals surface area contributed by atoms with Crippen LogP contribution in [0.15, 0.2) is 48.5 Å². The Bertz CT molecular complexity index is 954. The van der Waals surface area contributed by atoms with Crippen molar-refractivity contribution >= 4 is 38.6 Å². The molecule has 0 heterocycles. The summed E-state index contributed by atoms with van der Waals surface area (Å²) in [7, 11) is 1.62. The number of aldehydes is 1. The molecule has 0 aliphatic heterocycles. The third-order valence-electron chi connectivity index (χ3n) is 3.99. The van der Waals surface area contributed by atoms with Gasteiger partial charge in [-0.05, 0) is 21.5 Å². The molecular weight excluding hydrogens is 248 g/mol. The highest BCUT2D eigenvalue weighted by molar-refractivity contribution is 6.28. The fourth-order valence-electron chi connectivity index (χ4n) is 3.17. The van der Waals surface area contributed by atoms with Crippen molar-refractivity contribution in [3.8, 4) is 5.75 Å². The van der Waals surface area contributed by atoms with E-state index in [2.05, 4.69) is 24.3 Å². The summed E-state index contributed by atoms with van der Waals surface area (Å²) in [5.41, 5.74) is 0.629. The number of benzene rings is 4. The number of methoxy groups -OCH3 is 1. The highest BCUT2D eigenvalue weighted by Gasteiger charge is 2.17. The van der Waals surface area contributed by atoms with Crippen molar-refractivity contribution in [1.29, 1.82) is 0 Å². The van der Waals surface area contributed by atoms with E-state index < -0.39 is 0 Å². The summed E-state index contributed by atoms with van der Waals surface area (Å²) in [4.78, 5) is 11.6. The lowest BCUT2D eigenvalue weighted by molar-refractivity contribution is 0.112. The van der Waals surface area contributed by atoms with Gasteiger partial charge in [-0.3, -0.25) is 4.79 Å². The van der Waals surface area contributed by atoms with Gasteiger partial charge < -0.3 is 4.74 Å². The fourth-order valence-corrected chi connectivity index (χ4v) is 3.17. The molecule has 0 aliphatic carbocycles. The van der Waals surface area contributed by atoms with E-state index in [0.717, 1.165) is 27.8 Å². The smallest absolute Gasteiger partial charge is 0.154 e. The van der Waals surface area contributed by atoms with Gasteiger partial charge in [-0.1, -0.05) is 48.5 Å². The van der Waals surface area contributed by atoms with E-state index in [1.807, 2.05) is 24.3 Å². The second-order valence-corrected chi connectivity index (χ2v) is 4.94. The summed E-state index contributed by atoms with van der Waals surface area (Å²) in [5.74, 6) is 0.664. The van der Waals surface area contributed by atoms with Gasteiger partial charge in [-0.15, -0.1) is 0 Å². The molecule has 0 amide bonds. The lowest BCUT2D eigenvalue weighted by atomic mass is 9.91. The zero-order valence-corrected chi connectivity index (χ0v) is 11.0. The van der Waals surface area contributed by atoms with Crippen LogP contribution >= 0.6 is 0 Å². The van der Waals surface area contributed by atoms with Crippen LogP contribution < -0.4 is 4.74 Å². The number of hydrogen-bond acceptors (Lipinski definition) is 2. The van der Waals surface area contributed by atoms with Crippen molar-refractivity contribution in [2.45, 2.75) is 0 Å². The first-order valence-electron chi connectivity index (χ1n) is 6.54. The molecule has 0 spiro atoms. The Balaban J connectivity index is 2.46. The Morgan fingerprint density at radius 3 is 2.05 bits per heavy atom. The first-order chi connectivity index (χ1) is 9.85. The third kappa shape index (κ3) is 1.26. The maximum Gasteiger partial charge on any atom is 0.154 e.